The van der Waals surface area contributed by atoms with E-state index in [-0.39, 0.29) is 0 Å². The number of pyridine rings is 1. The van der Waals surface area contributed by atoms with E-state index in [1.54, 1.807) is 21.3 Å². The van der Waals surface area contributed by atoms with Gasteiger partial charge in [-0.15, -0.1) is 0 Å². The highest BCUT2D eigenvalue weighted by molar-refractivity contribution is 6.10. The Hall–Kier alpha value is -3.47. The minimum Gasteiger partial charge on any atom is -0.493 e. The number of methoxy groups -OCH3 is 3. The predicted octanol–water partition coefficient (Wildman–Crippen LogP) is 4.73. The van der Waals surface area contributed by atoms with Gasteiger partial charge < -0.3 is 18.9 Å². The van der Waals surface area contributed by atoms with Crippen LogP contribution in [0.1, 0.15) is 11.3 Å². The Morgan fingerprint density at radius 1 is 0.733 bits per heavy atom. The van der Waals surface area contributed by atoms with Crippen LogP contribution in [-0.2, 0) is 13.7 Å². The third kappa shape index (κ3) is 3.16. The summed E-state index contributed by atoms with van der Waals surface area (Å²) in [5, 5.41) is 3.15. The van der Waals surface area contributed by atoms with Crippen molar-refractivity contribution in [2.45, 2.75) is 13.5 Å². The van der Waals surface area contributed by atoms with E-state index < -0.39 is 0 Å². The minimum absolute atomic E-state index is 0.462. The molecule has 0 aliphatic rings. The van der Waals surface area contributed by atoms with Crippen molar-refractivity contribution < 1.29 is 23.5 Å². The zero-order chi connectivity index (χ0) is 21.3. The van der Waals surface area contributed by atoms with Crippen molar-refractivity contribution in [3.63, 3.8) is 0 Å². The third-order valence-electron chi connectivity index (χ3n) is 5.58. The van der Waals surface area contributed by atoms with Crippen LogP contribution in [0, 0.1) is 6.92 Å². The molecule has 0 aliphatic heterocycles. The zero-order valence-corrected chi connectivity index (χ0v) is 18.0. The van der Waals surface area contributed by atoms with E-state index in [0.717, 1.165) is 38.7 Å². The van der Waals surface area contributed by atoms with Crippen LogP contribution in [0.15, 0.2) is 54.6 Å². The maximum Gasteiger partial charge on any atom is 0.259 e. The van der Waals surface area contributed by atoms with Gasteiger partial charge in [0.2, 0.25) is 5.75 Å². The molecule has 3 aromatic carbocycles. The van der Waals surface area contributed by atoms with E-state index in [4.69, 9.17) is 18.9 Å². The van der Waals surface area contributed by atoms with E-state index in [0.29, 0.717) is 23.9 Å². The molecule has 0 amide bonds. The summed E-state index contributed by atoms with van der Waals surface area (Å²) in [5.74, 6) is 2.86. The van der Waals surface area contributed by atoms with Crippen LogP contribution in [0.2, 0.25) is 0 Å². The second-order valence-corrected chi connectivity index (χ2v) is 7.14. The molecule has 0 saturated heterocycles. The highest BCUT2D eigenvalue weighted by atomic mass is 16.5. The van der Waals surface area contributed by atoms with Gasteiger partial charge in [0.05, 0.1) is 32.1 Å². The Kier molecular flexibility index (Phi) is 5.36. The molecule has 1 heterocycles. The fraction of sp³-hybridized carbons (Fsp3) is 0.240. The summed E-state index contributed by atoms with van der Waals surface area (Å²) in [6, 6.07) is 18.2. The smallest absolute Gasteiger partial charge is 0.259 e. The summed E-state index contributed by atoms with van der Waals surface area (Å²) >= 11 is 0. The van der Waals surface area contributed by atoms with Gasteiger partial charge >= 0.3 is 0 Å². The van der Waals surface area contributed by atoms with Gasteiger partial charge in [0.25, 0.3) is 5.52 Å². The van der Waals surface area contributed by atoms with Gasteiger partial charge in [0.1, 0.15) is 13.7 Å². The Balaban J connectivity index is 2.00. The third-order valence-corrected chi connectivity index (χ3v) is 5.58. The topological polar surface area (TPSA) is 40.8 Å². The summed E-state index contributed by atoms with van der Waals surface area (Å²) in [6.45, 7) is 2.54. The van der Waals surface area contributed by atoms with E-state index in [2.05, 4.69) is 35.8 Å². The van der Waals surface area contributed by atoms with Gasteiger partial charge in [-0.2, -0.15) is 4.57 Å². The molecule has 0 fully saturated rings. The Labute approximate surface area is 176 Å². The maximum absolute atomic E-state index is 6.32. The number of nitrogens with zero attached hydrogens (tertiary/aromatic N) is 1. The fourth-order valence-corrected chi connectivity index (χ4v) is 3.98. The number of hydrogen-bond donors (Lipinski definition) is 0. The molecule has 0 atom stereocenters. The average Bonchev–Trinajstić information content (AvgIpc) is 2.80. The van der Waals surface area contributed by atoms with E-state index in [1.165, 1.54) is 0 Å². The minimum atomic E-state index is 0.462. The van der Waals surface area contributed by atoms with Crippen LogP contribution >= 0.6 is 0 Å². The molecule has 0 spiro atoms. The highest BCUT2D eigenvalue weighted by Gasteiger charge is 2.26. The van der Waals surface area contributed by atoms with Crippen molar-refractivity contribution in [2.24, 2.45) is 7.05 Å². The van der Waals surface area contributed by atoms with E-state index in [9.17, 15) is 0 Å². The first-order valence-electron chi connectivity index (χ1n) is 9.81. The number of fused-ring (bicyclic) bond motifs is 3. The molecular formula is C25H26NO4+. The van der Waals surface area contributed by atoms with E-state index in [1.807, 2.05) is 37.4 Å². The van der Waals surface area contributed by atoms with Gasteiger partial charge in [-0.05, 0) is 29.8 Å². The lowest BCUT2D eigenvalue weighted by atomic mass is 10.0. The Morgan fingerprint density at radius 3 is 2.00 bits per heavy atom. The van der Waals surface area contributed by atoms with Crippen molar-refractivity contribution >= 4 is 21.7 Å². The molecule has 5 heteroatoms. The number of benzene rings is 3. The summed E-state index contributed by atoms with van der Waals surface area (Å²) < 4.78 is 25.3. The second kappa shape index (κ2) is 8.11. The Morgan fingerprint density at radius 2 is 1.37 bits per heavy atom. The molecule has 0 N–H and O–H groups in total. The molecule has 0 radical (unpaired) electrons. The molecule has 0 unspecified atom stereocenters. The number of aromatic nitrogens is 1. The second-order valence-electron chi connectivity index (χ2n) is 7.14. The predicted molar refractivity (Wildman–Crippen MR) is 118 cm³/mol. The van der Waals surface area contributed by atoms with Gasteiger partial charge in [-0.1, -0.05) is 30.3 Å². The number of rotatable bonds is 6. The number of ether oxygens (including phenoxy) is 4. The lowest BCUT2D eigenvalue weighted by Gasteiger charge is -2.17. The lowest BCUT2D eigenvalue weighted by Crippen LogP contribution is -2.33. The Bertz CT molecular complexity index is 1220. The van der Waals surface area contributed by atoms with Crippen molar-refractivity contribution in [2.75, 3.05) is 21.3 Å². The molecule has 5 nitrogen and oxygen atoms in total. The average molecular weight is 404 g/mol. The summed E-state index contributed by atoms with van der Waals surface area (Å²) in [6.07, 6.45) is 0. The van der Waals surface area contributed by atoms with Gasteiger partial charge in [-0.3, -0.25) is 0 Å². The standard InChI is InChI=1S/C25H26NO4/c1-16-22-18(19-12-14-21(28-4)25(29-5)23(19)26(16)2)11-13-20(27-3)24(22)30-15-17-9-7-6-8-10-17/h6-14H,15H2,1-5H3/q+1. The quantitative estimate of drug-likeness (QED) is 0.344. The van der Waals surface area contributed by atoms with Crippen LogP contribution in [0.5, 0.6) is 23.0 Å². The zero-order valence-electron chi connectivity index (χ0n) is 18.0. The molecule has 4 rings (SSSR count). The summed E-state index contributed by atoms with van der Waals surface area (Å²) in [5.41, 5.74) is 3.12. The molecule has 0 saturated carbocycles. The monoisotopic (exact) mass is 404 g/mol. The van der Waals surface area contributed by atoms with Crippen LogP contribution < -0.4 is 23.5 Å². The number of hydrogen-bond acceptors (Lipinski definition) is 4. The molecule has 30 heavy (non-hydrogen) atoms. The van der Waals surface area contributed by atoms with Crippen molar-refractivity contribution in [3.05, 3.63) is 65.9 Å². The SMILES string of the molecule is COc1ccc2c(c1OCc1ccccc1)c(C)[n+](C)c1c(OC)c(OC)ccc21. The first-order valence-corrected chi connectivity index (χ1v) is 9.81. The fourth-order valence-electron chi connectivity index (χ4n) is 3.98. The molecular weight excluding hydrogens is 378 g/mol. The normalized spacial score (nSPS) is 11.0. The summed E-state index contributed by atoms with van der Waals surface area (Å²) in [7, 11) is 7.01. The first-order chi connectivity index (χ1) is 14.6. The van der Waals surface area contributed by atoms with Crippen LogP contribution in [0.3, 0.4) is 0 Å². The van der Waals surface area contributed by atoms with Crippen LogP contribution in [-0.4, -0.2) is 21.3 Å². The molecule has 0 aliphatic carbocycles. The van der Waals surface area contributed by atoms with Crippen molar-refractivity contribution in [1.29, 1.82) is 0 Å². The highest BCUT2D eigenvalue weighted by Crippen LogP contribution is 2.42. The molecule has 154 valence electrons. The van der Waals surface area contributed by atoms with Crippen LogP contribution in [0.4, 0.5) is 0 Å². The van der Waals surface area contributed by atoms with Crippen molar-refractivity contribution in [1.82, 2.24) is 0 Å². The van der Waals surface area contributed by atoms with Gasteiger partial charge in [-0.25, -0.2) is 0 Å². The lowest BCUT2D eigenvalue weighted by molar-refractivity contribution is -0.650. The molecule has 4 aromatic rings. The summed E-state index contributed by atoms with van der Waals surface area (Å²) in [4.78, 5) is 0. The van der Waals surface area contributed by atoms with Crippen molar-refractivity contribution in [3.8, 4) is 23.0 Å². The molecule has 0 bridgehead atoms. The van der Waals surface area contributed by atoms with Crippen LogP contribution in [0.25, 0.3) is 21.7 Å². The van der Waals surface area contributed by atoms with Gasteiger partial charge in [0.15, 0.2) is 22.9 Å². The molecule has 1 aromatic heterocycles. The van der Waals surface area contributed by atoms with Gasteiger partial charge in [0, 0.05) is 12.3 Å². The first kappa shape index (κ1) is 19.8. The number of aryl methyl sites for hydroxylation is 2. The largest absolute Gasteiger partial charge is 0.493 e. The maximum atomic E-state index is 6.32. The van der Waals surface area contributed by atoms with E-state index >= 15 is 0 Å².